The van der Waals surface area contributed by atoms with Gasteiger partial charge in [-0.1, -0.05) is 11.6 Å². The maximum Gasteiger partial charge on any atom is 0.338 e. The minimum Gasteiger partial charge on any atom is -0.462 e. The summed E-state index contributed by atoms with van der Waals surface area (Å²) >= 11 is 5.85. The monoisotopic (exact) mass is 322 g/mol. The van der Waals surface area contributed by atoms with Gasteiger partial charge < -0.3 is 9.22 Å². The van der Waals surface area contributed by atoms with E-state index < -0.39 is 0 Å². The zero-order valence-corrected chi connectivity index (χ0v) is 14.0. The molecule has 3 atom stereocenters. The van der Waals surface area contributed by atoms with Crippen LogP contribution in [0.15, 0.2) is 24.3 Å². The lowest BCUT2D eigenvalue weighted by Gasteiger charge is -2.51. The van der Waals surface area contributed by atoms with Gasteiger partial charge in [-0.15, -0.1) is 0 Å². The van der Waals surface area contributed by atoms with Crippen molar-refractivity contribution >= 4 is 17.6 Å². The number of carbonyl (C=O) groups excluding carboxylic acids is 1. The highest BCUT2D eigenvalue weighted by atomic mass is 35.5. The van der Waals surface area contributed by atoms with Gasteiger partial charge in [-0.2, -0.15) is 0 Å². The Labute approximate surface area is 137 Å². The number of esters is 1. The van der Waals surface area contributed by atoms with Crippen molar-refractivity contribution < 1.29 is 14.0 Å². The van der Waals surface area contributed by atoms with E-state index in [1.807, 2.05) is 0 Å². The highest BCUT2D eigenvalue weighted by Crippen LogP contribution is 2.36. The van der Waals surface area contributed by atoms with Gasteiger partial charge in [-0.3, -0.25) is 0 Å². The number of piperidine rings is 2. The largest absolute Gasteiger partial charge is 0.462 e. The van der Waals surface area contributed by atoms with Crippen molar-refractivity contribution in [1.82, 2.24) is 0 Å². The van der Waals surface area contributed by atoms with Gasteiger partial charge in [0, 0.05) is 17.4 Å². The van der Waals surface area contributed by atoms with E-state index in [0.29, 0.717) is 29.2 Å². The van der Waals surface area contributed by atoms with Crippen LogP contribution in [0.3, 0.4) is 0 Å². The van der Waals surface area contributed by atoms with E-state index in [1.165, 1.54) is 49.7 Å². The Morgan fingerprint density at radius 1 is 1.18 bits per heavy atom. The van der Waals surface area contributed by atoms with Gasteiger partial charge in [0.2, 0.25) is 0 Å². The second-order valence-corrected chi connectivity index (χ2v) is 7.43. The number of benzene rings is 1. The van der Waals surface area contributed by atoms with Gasteiger partial charge >= 0.3 is 5.97 Å². The SMILES string of the molecule is C[N+]12CCCC[C@H]1[C@H](COC(=O)c1ccc(Cl)cc1)CCC2. The molecule has 1 aromatic rings. The Morgan fingerprint density at radius 3 is 2.68 bits per heavy atom. The highest BCUT2D eigenvalue weighted by molar-refractivity contribution is 6.30. The van der Waals surface area contributed by atoms with E-state index in [9.17, 15) is 4.79 Å². The smallest absolute Gasteiger partial charge is 0.338 e. The van der Waals surface area contributed by atoms with E-state index in [0.717, 1.165) is 0 Å². The van der Waals surface area contributed by atoms with E-state index >= 15 is 0 Å². The molecule has 0 spiro atoms. The Bertz CT molecular complexity index is 526. The van der Waals surface area contributed by atoms with Crippen LogP contribution in [0.25, 0.3) is 0 Å². The maximum atomic E-state index is 12.2. The maximum absolute atomic E-state index is 12.2. The molecular weight excluding hydrogens is 298 g/mol. The average Bonchev–Trinajstić information content (AvgIpc) is 2.52. The molecule has 1 aromatic carbocycles. The van der Waals surface area contributed by atoms with Gasteiger partial charge in [0.1, 0.15) is 6.61 Å². The molecule has 0 bridgehead atoms. The van der Waals surface area contributed by atoms with Crippen LogP contribution in [-0.4, -0.2) is 43.2 Å². The normalized spacial score (nSPS) is 31.4. The number of ether oxygens (including phenoxy) is 1. The Kier molecular flexibility index (Phi) is 4.74. The van der Waals surface area contributed by atoms with Crippen molar-refractivity contribution in [3.8, 4) is 0 Å². The van der Waals surface area contributed by atoms with Gasteiger partial charge in [0.05, 0.1) is 31.7 Å². The third kappa shape index (κ3) is 3.31. The molecule has 0 aliphatic carbocycles. The average molecular weight is 323 g/mol. The van der Waals surface area contributed by atoms with Crippen LogP contribution in [0.1, 0.15) is 42.5 Å². The molecule has 2 aliphatic heterocycles. The second kappa shape index (κ2) is 6.59. The van der Waals surface area contributed by atoms with Crippen LogP contribution in [0.2, 0.25) is 5.02 Å². The van der Waals surface area contributed by atoms with Crippen LogP contribution in [-0.2, 0) is 4.74 Å². The summed E-state index contributed by atoms with van der Waals surface area (Å²) in [5.74, 6) is 0.280. The third-order valence-corrected chi connectivity index (χ3v) is 5.77. The molecule has 3 nitrogen and oxygen atoms in total. The fourth-order valence-corrected chi connectivity index (χ4v) is 4.41. The summed E-state index contributed by atoms with van der Waals surface area (Å²) < 4.78 is 6.79. The fraction of sp³-hybridized carbons (Fsp3) is 0.611. The van der Waals surface area contributed by atoms with Gasteiger partial charge in [-0.05, 0) is 49.9 Å². The lowest BCUT2D eigenvalue weighted by atomic mass is 9.82. The molecule has 2 saturated heterocycles. The Hall–Kier alpha value is -1.06. The summed E-state index contributed by atoms with van der Waals surface area (Å²) in [6, 6.07) is 7.58. The van der Waals surface area contributed by atoms with E-state index in [-0.39, 0.29) is 5.97 Å². The van der Waals surface area contributed by atoms with Crippen LogP contribution in [0.4, 0.5) is 0 Å². The summed E-state index contributed by atoms with van der Waals surface area (Å²) in [5, 5.41) is 0.638. The van der Waals surface area contributed by atoms with Gasteiger partial charge in [0.15, 0.2) is 0 Å². The summed E-state index contributed by atoms with van der Waals surface area (Å²) in [7, 11) is 2.39. The molecule has 0 radical (unpaired) electrons. The van der Waals surface area contributed by atoms with Crippen molar-refractivity contribution in [2.24, 2.45) is 5.92 Å². The number of carbonyl (C=O) groups is 1. The standard InChI is InChI=1S/C18H25ClNO2/c1-20-11-3-2-6-17(20)15(5-4-12-20)13-22-18(21)14-7-9-16(19)10-8-14/h7-10,15,17H,2-6,11-13H2,1H3/q+1/t15-,17-,20?/m0/s1. The predicted octanol–water partition coefficient (Wildman–Crippen LogP) is 3.91. The van der Waals surface area contributed by atoms with Crippen molar-refractivity contribution in [3.05, 3.63) is 34.9 Å². The first-order chi connectivity index (χ1) is 10.6. The molecule has 0 N–H and O–H groups in total. The molecule has 120 valence electrons. The van der Waals surface area contributed by atoms with E-state index in [1.54, 1.807) is 24.3 Å². The minimum absolute atomic E-state index is 0.229. The molecule has 1 unspecified atom stereocenters. The summed E-state index contributed by atoms with van der Waals surface area (Å²) in [6.07, 6.45) is 6.37. The molecule has 22 heavy (non-hydrogen) atoms. The zero-order chi connectivity index (χ0) is 15.6. The molecular formula is C18H25ClNO2+. The molecule has 4 heteroatoms. The van der Waals surface area contributed by atoms with E-state index in [2.05, 4.69) is 7.05 Å². The lowest BCUT2D eigenvalue weighted by molar-refractivity contribution is -0.947. The number of quaternary nitrogens is 1. The molecule has 3 rings (SSSR count). The third-order valence-electron chi connectivity index (χ3n) is 5.52. The predicted molar refractivity (Wildman–Crippen MR) is 88.0 cm³/mol. The van der Waals surface area contributed by atoms with Crippen molar-refractivity contribution in [3.63, 3.8) is 0 Å². The van der Waals surface area contributed by atoms with Crippen LogP contribution >= 0.6 is 11.6 Å². The molecule has 0 saturated carbocycles. The van der Waals surface area contributed by atoms with Crippen LogP contribution < -0.4 is 0 Å². The first-order valence-electron chi connectivity index (χ1n) is 8.35. The zero-order valence-electron chi connectivity index (χ0n) is 13.3. The van der Waals surface area contributed by atoms with E-state index in [4.69, 9.17) is 16.3 Å². The highest BCUT2D eigenvalue weighted by Gasteiger charge is 2.43. The lowest BCUT2D eigenvalue weighted by Crippen LogP contribution is -2.61. The van der Waals surface area contributed by atoms with Crippen LogP contribution in [0.5, 0.6) is 0 Å². The topological polar surface area (TPSA) is 26.3 Å². The first kappa shape index (κ1) is 15.8. The fourth-order valence-electron chi connectivity index (χ4n) is 4.28. The number of hydrogen-bond acceptors (Lipinski definition) is 2. The number of nitrogens with zero attached hydrogens (tertiary/aromatic N) is 1. The molecule has 2 aliphatic rings. The molecule has 0 aromatic heterocycles. The number of rotatable bonds is 3. The quantitative estimate of drug-likeness (QED) is 0.623. The van der Waals surface area contributed by atoms with Crippen molar-refractivity contribution in [2.45, 2.75) is 38.1 Å². The van der Waals surface area contributed by atoms with Crippen molar-refractivity contribution in [2.75, 3.05) is 26.7 Å². The minimum atomic E-state index is -0.229. The first-order valence-corrected chi connectivity index (χ1v) is 8.73. The summed E-state index contributed by atoms with van der Waals surface area (Å²) in [5.41, 5.74) is 0.584. The Balaban J connectivity index is 1.60. The second-order valence-electron chi connectivity index (χ2n) is 7.00. The number of hydrogen-bond donors (Lipinski definition) is 0. The van der Waals surface area contributed by atoms with Crippen LogP contribution in [0, 0.1) is 5.92 Å². The molecule has 2 fully saturated rings. The number of fused-ring (bicyclic) bond motifs is 1. The summed E-state index contributed by atoms with van der Waals surface area (Å²) in [6.45, 7) is 3.12. The molecule has 2 heterocycles. The van der Waals surface area contributed by atoms with Crippen molar-refractivity contribution in [1.29, 1.82) is 0 Å². The molecule has 0 amide bonds. The summed E-state index contributed by atoms with van der Waals surface area (Å²) in [4.78, 5) is 12.2. The Morgan fingerprint density at radius 2 is 1.91 bits per heavy atom. The number of halogens is 1. The van der Waals surface area contributed by atoms with Gasteiger partial charge in [-0.25, -0.2) is 4.79 Å². The van der Waals surface area contributed by atoms with Gasteiger partial charge in [0.25, 0.3) is 0 Å².